The van der Waals surface area contributed by atoms with E-state index in [1.54, 1.807) is 0 Å². The van der Waals surface area contributed by atoms with E-state index in [2.05, 4.69) is 35.8 Å². The highest BCUT2D eigenvalue weighted by Crippen LogP contribution is 2.32. The summed E-state index contributed by atoms with van der Waals surface area (Å²) in [5, 5.41) is 4.07. The molecular formula is C15H24N4O3. The molecule has 7 heteroatoms. The van der Waals surface area contributed by atoms with Crippen LogP contribution < -0.4 is 0 Å². The molecule has 0 bridgehead atoms. The monoisotopic (exact) mass is 308 g/mol. The molecule has 1 atom stereocenters. The number of aromatic nitrogens is 2. The fraction of sp³-hybridized carbons (Fsp3) is 0.800. The van der Waals surface area contributed by atoms with Crippen LogP contribution in [0.1, 0.15) is 38.9 Å². The van der Waals surface area contributed by atoms with E-state index in [0.29, 0.717) is 31.5 Å². The van der Waals surface area contributed by atoms with Crippen LogP contribution in [0.2, 0.25) is 0 Å². The van der Waals surface area contributed by atoms with Crippen molar-refractivity contribution in [3.05, 3.63) is 11.7 Å². The van der Waals surface area contributed by atoms with Crippen LogP contribution in [-0.4, -0.2) is 57.8 Å². The number of piperazine rings is 1. The Bertz CT molecular complexity index is 545. The summed E-state index contributed by atoms with van der Waals surface area (Å²) in [5.41, 5.74) is -0.195. The Hall–Kier alpha value is -1.63. The van der Waals surface area contributed by atoms with E-state index in [-0.39, 0.29) is 11.6 Å². The Morgan fingerprint density at radius 1 is 1.36 bits per heavy atom. The second-order valence-corrected chi connectivity index (χ2v) is 6.70. The molecule has 0 saturated carbocycles. The molecule has 122 valence electrons. The third-order valence-corrected chi connectivity index (χ3v) is 4.53. The highest BCUT2D eigenvalue weighted by atomic mass is 16.6. The van der Waals surface area contributed by atoms with E-state index < -0.39 is 0 Å². The lowest BCUT2D eigenvalue weighted by molar-refractivity contribution is 0.0433. The van der Waals surface area contributed by atoms with Gasteiger partial charge in [-0.15, -0.1) is 0 Å². The van der Waals surface area contributed by atoms with Gasteiger partial charge in [0.2, 0.25) is 5.89 Å². The molecule has 1 aromatic heterocycles. The molecule has 1 amide bonds. The van der Waals surface area contributed by atoms with Crippen LogP contribution in [0.15, 0.2) is 4.52 Å². The van der Waals surface area contributed by atoms with Crippen LogP contribution >= 0.6 is 0 Å². The van der Waals surface area contributed by atoms with Crippen LogP contribution in [0.4, 0.5) is 4.79 Å². The van der Waals surface area contributed by atoms with Crippen molar-refractivity contribution in [3.63, 3.8) is 0 Å². The van der Waals surface area contributed by atoms with Gasteiger partial charge in [-0.25, -0.2) is 4.79 Å². The van der Waals surface area contributed by atoms with Gasteiger partial charge in [-0.05, 0) is 12.3 Å². The number of hydrogen-bond acceptors (Lipinski definition) is 6. The molecule has 2 saturated heterocycles. The predicted molar refractivity (Wildman–Crippen MR) is 79.2 cm³/mol. The molecule has 22 heavy (non-hydrogen) atoms. The smallest absolute Gasteiger partial charge is 0.410 e. The maximum atomic E-state index is 11.8. The maximum absolute atomic E-state index is 11.8. The number of carbonyl (C=O) groups excluding carboxylic acids is 1. The number of cyclic esters (lactones) is 1. The van der Waals surface area contributed by atoms with Gasteiger partial charge in [0.25, 0.3) is 0 Å². The van der Waals surface area contributed by atoms with Crippen molar-refractivity contribution in [2.75, 3.05) is 26.2 Å². The van der Waals surface area contributed by atoms with E-state index in [4.69, 9.17) is 9.26 Å². The Morgan fingerprint density at radius 2 is 2.18 bits per heavy atom. The second-order valence-electron chi connectivity index (χ2n) is 6.70. The van der Waals surface area contributed by atoms with E-state index in [0.717, 1.165) is 31.8 Å². The third-order valence-electron chi connectivity index (χ3n) is 4.53. The fourth-order valence-corrected chi connectivity index (χ4v) is 3.27. The van der Waals surface area contributed by atoms with Gasteiger partial charge in [0.05, 0.1) is 12.1 Å². The van der Waals surface area contributed by atoms with Crippen molar-refractivity contribution >= 4 is 6.09 Å². The van der Waals surface area contributed by atoms with Gasteiger partial charge in [-0.2, -0.15) is 4.98 Å². The number of ether oxygens (including phenoxy) is 1. The molecule has 2 aliphatic heterocycles. The first-order valence-corrected chi connectivity index (χ1v) is 8.00. The average molecular weight is 308 g/mol. The molecule has 2 aliphatic rings. The third kappa shape index (κ3) is 2.82. The zero-order valence-corrected chi connectivity index (χ0v) is 13.5. The Kier molecular flexibility index (Phi) is 4.08. The quantitative estimate of drug-likeness (QED) is 0.824. The Labute approximate surface area is 130 Å². The second kappa shape index (κ2) is 5.87. The number of carbonyl (C=O) groups is 1. The Balaban J connectivity index is 1.64. The molecule has 0 radical (unpaired) electrons. The maximum Gasteiger partial charge on any atom is 0.410 e. The molecular weight excluding hydrogens is 284 g/mol. The molecule has 3 heterocycles. The van der Waals surface area contributed by atoms with Gasteiger partial charge >= 0.3 is 6.09 Å². The van der Waals surface area contributed by atoms with Gasteiger partial charge in [0, 0.05) is 26.1 Å². The fourth-order valence-electron chi connectivity index (χ4n) is 3.27. The van der Waals surface area contributed by atoms with Crippen LogP contribution in [0.25, 0.3) is 0 Å². The molecule has 0 spiro atoms. The zero-order chi connectivity index (χ0) is 15.7. The molecule has 2 fully saturated rings. The van der Waals surface area contributed by atoms with Gasteiger partial charge in [-0.1, -0.05) is 25.9 Å². The molecule has 0 aliphatic carbocycles. The van der Waals surface area contributed by atoms with Crippen molar-refractivity contribution in [2.45, 2.75) is 45.7 Å². The van der Waals surface area contributed by atoms with Crippen LogP contribution in [0.3, 0.4) is 0 Å². The molecule has 1 aromatic rings. The highest BCUT2D eigenvalue weighted by molar-refractivity contribution is 5.71. The summed E-state index contributed by atoms with van der Waals surface area (Å²) in [7, 11) is 0. The van der Waals surface area contributed by atoms with Gasteiger partial charge in [0.15, 0.2) is 5.82 Å². The summed E-state index contributed by atoms with van der Waals surface area (Å²) in [4.78, 5) is 20.4. The SMILES string of the molecule is CCC12COC(=O)N1CCN(Cc1noc(CC(C)C)n1)C2. The summed E-state index contributed by atoms with van der Waals surface area (Å²) in [6.45, 7) is 9.80. The van der Waals surface area contributed by atoms with E-state index >= 15 is 0 Å². The molecule has 1 unspecified atom stereocenters. The lowest BCUT2D eigenvalue weighted by Gasteiger charge is -2.43. The van der Waals surface area contributed by atoms with Crippen LogP contribution in [0, 0.1) is 5.92 Å². The minimum Gasteiger partial charge on any atom is -0.447 e. The minimum absolute atomic E-state index is 0.180. The first kappa shape index (κ1) is 15.3. The predicted octanol–water partition coefficient (Wildman–Crippen LogP) is 1.68. The van der Waals surface area contributed by atoms with Gasteiger partial charge < -0.3 is 9.26 Å². The Morgan fingerprint density at radius 3 is 2.91 bits per heavy atom. The normalized spacial score (nSPS) is 25.6. The number of rotatable bonds is 5. The van der Waals surface area contributed by atoms with Crippen molar-refractivity contribution in [1.82, 2.24) is 19.9 Å². The summed E-state index contributed by atoms with van der Waals surface area (Å²) >= 11 is 0. The first-order valence-electron chi connectivity index (χ1n) is 8.00. The summed E-state index contributed by atoms with van der Waals surface area (Å²) < 4.78 is 10.5. The van der Waals surface area contributed by atoms with Crippen LogP contribution in [0.5, 0.6) is 0 Å². The minimum atomic E-state index is -0.195. The molecule has 3 rings (SSSR count). The van der Waals surface area contributed by atoms with Gasteiger partial charge in [0.1, 0.15) is 6.61 Å². The van der Waals surface area contributed by atoms with Crippen molar-refractivity contribution in [2.24, 2.45) is 5.92 Å². The standard InChI is InChI=1S/C15H24N4O3/c1-4-15-9-18(5-6-19(15)14(20)21-10-15)8-12-16-13(22-17-12)7-11(2)3/h11H,4-10H2,1-3H3. The number of hydrogen-bond donors (Lipinski definition) is 0. The first-order chi connectivity index (χ1) is 10.5. The van der Waals surface area contributed by atoms with Gasteiger partial charge in [-0.3, -0.25) is 9.80 Å². The topological polar surface area (TPSA) is 71.7 Å². The summed E-state index contributed by atoms with van der Waals surface area (Å²) in [6, 6.07) is 0. The number of amides is 1. The summed E-state index contributed by atoms with van der Waals surface area (Å²) in [6.07, 6.45) is 1.52. The van der Waals surface area contributed by atoms with E-state index in [1.807, 2.05) is 4.90 Å². The molecule has 7 nitrogen and oxygen atoms in total. The lowest BCUT2D eigenvalue weighted by Crippen LogP contribution is -2.60. The van der Waals surface area contributed by atoms with E-state index in [9.17, 15) is 4.79 Å². The molecule has 0 aromatic carbocycles. The van der Waals surface area contributed by atoms with Crippen molar-refractivity contribution in [3.8, 4) is 0 Å². The zero-order valence-electron chi connectivity index (χ0n) is 13.5. The highest BCUT2D eigenvalue weighted by Gasteiger charge is 2.49. The summed E-state index contributed by atoms with van der Waals surface area (Å²) in [5.74, 6) is 1.93. The van der Waals surface area contributed by atoms with Crippen molar-refractivity contribution < 1.29 is 14.1 Å². The number of nitrogens with zero attached hydrogens (tertiary/aromatic N) is 4. The molecule has 0 N–H and O–H groups in total. The largest absolute Gasteiger partial charge is 0.447 e. The van der Waals surface area contributed by atoms with Crippen LogP contribution in [-0.2, 0) is 17.7 Å². The van der Waals surface area contributed by atoms with E-state index in [1.165, 1.54) is 0 Å². The average Bonchev–Trinajstić information content (AvgIpc) is 3.04. The number of fused-ring (bicyclic) bond motifs is 1. The lowest BCUT2D eigenvalue weighted by atomic mass is 9.93. The van der Waals surface area contributed by atoms with Crippen molar-refractivity contribution in [1.29, 1.82) is 0 Å².